The molecule has 0 aliphatic heterocycles. The van der Waals surface area contributed by atoms with Gasteiger partial charge in [-0.1, -0.05) is 32.9 Å². The molecule has 0 radical (unpaired) electrons. The monoisotopic (exact) mass is 161 g/mol. The zero-order valence-electron chi connectivity index (χ0n) is 6.55. The highest BCUT2D eigenvalue weighted by molar-refractivity contribution is 5.87. The van der Waals surface area contributed by atoms with E-state index in [1.54, 1.807) is 0 Å². The van der Waals surface area contributed by atoms with Crippen molar-refractivity contribution in [3.8, 4) is 0 Å². The molecule has 0 aliphatic carbocycles. The lowest BCUT2D eigenvalue weighted by Crippen LogP contribution is -2.14. The highest BCUT2D eigenvalue weighted by Crippen LogP contribution is 2.06. The maximum atomic E-state index is 8.45. The van der Waals surface area contributed by atoms with Crippen molar-refractivity contribution in [2.24, 2.45) is 17.0 Å². The number of rotatable bonds is 2. The van der Waals surface area contributed by atoms with E-state index in [1.165, 1.54) is 0 Å². The predicted molar refractivity (Wildman–Crippen MR) is 50.2 cm³/mol. The van der Waals surface area contributed by atoms with Gasteiger partial charge in [0.2, 0.25) is 0 Å². The van der Waals surface area contributed by atoms with E-state index in [0.29, 0.717) is 11.8 Å². The zero-order chi connectivity index (χ0) is 7.44. The third-order valence-electron chi connectivity index (χ3n) is 1.30. The molecule has 62 valence electrons. The molecular formula is C7H19NOSi. The van der Waals surface area contributed by atoms with Crippen LogP contribution in [0.5, 0.6) is 0 Å². The lowest BCUT2D eigenvalue weighted by molar-refractivity contribution is 0.312. The Bertz CT molecular complexity index is 100. The van der Waals surface area contributed by atoms with Crippen molar-refractivity contribution in [1.29, 1.82) is 0 Å². The van der Waals surface area contributed by atoms with Crippen LogP contribution in [0.2, 0.25) is 0 Å². The SMILES string of the molecule is CC(C)C(=NO)C(C)C.[SiH4]. The quantitative estimate of drug-likeness (QED) is 0.275. The van der Waals surface area contributed by atoms with Crippen molar-refractivity contribution < 1.29 is 5.21 Å². The van der Waals surface area contributed by atoms with E-state index >= 15 is 0 Å². The Labute approximate surface area is 67.3 Å². The van der Waals surface area contributed by atoms with Crippen molar-refractivity contribution >= 4 is 16.7 Å². The highest BCUT2D eigenvalue weighted by Gasteiger charge is 2.09. The summed E-state index contributed by atoms with van der Waals surface area (Å²) in [7, 11) is 0. The summed E-state index contributed by atoms with van der Waals surface area (Å²) in [5.41, 5.74) is 0.870. The van der Waals surface area contributed by atoms with Crippen LogP contribution in [-0.4, -0.2) is 21.9 Å². The van der Waals surface area contributed by atoms with Crippen LogP contribution in [0.1, 0.15) is 27.7 Å². The Morgan fingerprint density at radius 1 is 1.10 bits per heavy atom. The minimum absolute atomic E-state index is 0. The van der Waals surface area contributed by atoms with Crippen molar-refractivity contribution in [2.45, 2.75) is 27.7 Å². The molecule has 0 aromatic carbocycles. The molecule has 0 aliphatic rings. The van der Waals surface area contributed by atoms with E-state index in [1.807, 2.05) is 27.7 Å². The van der Waals surface area contributed by atoms with Gasteiger partial charge in [-0.3, -0.25) is 0 Å². The predicted octanol–water partition coefficient (Wildman–Crippen LogP) is 0.677. The second-order valence-corrected chi connectivity index (χ2v) is 2.83. The maximum absolute atomic E-state index is 8.45. The molecular weight excluding hydrogens is 142 g/mol. The van der Waals surface area contributed by atoms with Gasteiger partial charge in [-0.25, -0.2) is 0 Å². The molecule has 0 saturated heterocycles. The standard InChI is InChI=1S/C7H15NO.H4Si/c1-5(2)7(8-9)6(3)4;/h5-6,9H,1-4H3;1H4. The molecule has 0 fully saturated rings. The molecule has 1 N–H and O–H groups in total. The largest absolute Gasteiger partial charge is 0.411 e. The molecule has 0 bridgehead atoms. The third kappa shape index (κ3) is 3.66. The molecule has 0 amide bonds. The molecule has 0 aromatic rings. The molecule has 0 aromatic heterocycles. The van der Waals surface area contributed by atoms with Crippen molar-refractivity contribution in [3.05, 3.63) is 0 Å². The van der Waals surface area contributed by atoms with Gasteiger partial charge >= 0.3 is 0 Å². The van der Waals surface area contributed by atoms with Gasteiger partial charge in [0, 0.05) is 0 Å². The van der Waals surface area contributed by atoms with E-state index < -0.39 is 0 Å². The molecule has 0 rings (SSSR count). The first kappa shape index (κ1) is 12.4. The van der Waals surface area contributed by atoms with Crippen molar-refractivity contribution in [3.63, 3.8) is 0 Å². The molecule has 0 heterocycles. The van der Waals surface area contributed by atoms with Gasteiger partial charge in [-0.15, -0.1) is 0 Å². The highest BCUT2D eigenvalue weighted by atomic mass is 28.1. The van der Waals surface area contributed by atoms with Gasteiger partial charge < -0.3 is 5.21 Å². The summed E-state index contributed by atoms with van der Waals surface area (Å²) in [6.07, 6.45) is 0. The maximum Gasteiger partial charge on any atom is 0.0621 e. The van der Waals surface area contributed by atoms with E-state index in [2.05, 4.69) is 5.16 Å². The summed E-state index contributed by atoms with van der Waals surface area (Å²) in [5, 5.41) is 11.7. The third-order valence-corrected chi connectivity index (χ3v) is 1.30. The van der Waals surface area contributed by atoms with Gasteiger partial charge in [-0.2, -0.15) is 0 Å². The molecule has 2 nitrogen and oxygen atoms in total. The van der Waals surface area contributed by atoms with Gasteiger partial charge in [0.05, 0.1) is 5.71 Å². The topological polar surface area (TPSA) is 32.6 Å². The molecule has 0 saturated carbocycles. The number of nitrogens with zero attached hydrogens (tertiary/aromatic N) is 1. The fourth-order valence-corrected chi connectivity index (χ4v) is 0.898. The second kappa shape index (κ2) is 5.47. The first-order valence-electron chi connectivity index (χ1n) is 3.31. The van der Waals surface area contributed by atoms with Gasteiger partial charge in [0.25, 0.3) is 0 Å². The van der Waals surface area contributed by atoms with Gasteiger partial charge in [0.15, 0.2) is 0 Å². The van der Waals surface area contributed by atoms with Crippen LogP contribution >= 0.6 is 0 Å². The summed E-state index contributed by atoms with van der Waals surface area (Å²) >= 11 is 0. The summed E-state index contributed by atoms with van der Waals surface area (Å²) in [6, 6.07) is 0. The number of hydrogen-bond acceptors (Lipinski definition) is 2. The molecule has 0 atom stereocenters. The van der Waals surface area contributed by atoms with Crippen LogP contribution in [0.3, 0.4) is 0 Å². The second-order valence-electron chi connectivity index (χ2n) is 2.83. The minimum Gasteiger partial charge on any atom is -0.411 e. The van der Waals surface area contributed by atoms with Gasteiger partial charge in [0.1, 0.15) is 0 Å². The van der Waals surface area contributed by atoms with Crippen LogP contribution in [0.4, 0.5) is 0 Å². The van der Waals surface area contributed by atoms with E-state index in [0.717, 1.165) is 5.71 Å². The average molecular weight is 161 g/mol. The fraction of sp³-hybridized carbons (Fsp3) is 0.857. The normalized spacial score (nSPS) is 9.40. The van der Waals surface area contributed by atoms with Crippen molar-refractivity contribution in [2.75, 3.05) is 0 Å². The van der Waals surface area contributed by atoms with Crippen LogP contribution in [0, 0.1) is 11.8 Å². The van der Waals surface area contributed by atoms with E-state index in [4.69, 9.17) is 5.21 Å². The summed E-state index contributed by atoms with van der Waals surface area (Å²) in [5.74, 6) is 0.713. The number of oxime groups is 1. The molecule has 0 unspecified atom stereocenters. The Balaban J connectivity index is 0. The first-order valence-corrected chi connectivity index (χ1v) is 3.31. The molecule has 3 heteroatoms. The summed E-state index contributed by atoms with van der Waals surface area (Å²) in [4.78, 5) is 0. The Morgan fingerprint density at radius 3 is 1.40 bits per heavy atom. The lowest BCUT2D eigenvalue weighted by atomic mass is 9.98. The van der Waals surface area contributed by atoms with Crippen LogP contribution in [0.15, 0.2) is 5.16 Å². The zero-order valence-corrected chi connectivity index (χ0v) is 6.55. The van der Waals surface area contributed by atoms with E-state index in [-0.39, 0.29) is 11.0 Å². The summed E-state index contributed by atoms with van der Waals surface area (Å²) < 4.78 is 0. The Hall–Kier alpha value is -0.313. The van der Waals surface area contributed by atoms with Crippen LogP contribution < -0.4 is 0 Å². The van der Waals surface area contributed by atoms with Crippen molar-refractivity contribution in [1.82, 2.24) is 0 Å². The summed E-state index contributed by atoms with van der Waals surface area (Å²) in [6.45, 7) is 8.09. The van der Waals surface area contributed by atoms with Crippen LogP contribution in [-0.2, 0) is 0 Å². The number of hydrogen-bond donors (Lipinski definition) is 1. The minimum atomic E-state index is 0. The average Bonchev–Trinajstić information content (AvgIpc) is 1.64. The Kier molecular flexibility index (Phi) is 6.77. The smallest absolute Gasteiger partial charge is 0.0621 e. The molecule has 0 spiro atoms. The molecule has 10 heavy (non-hydrogen) atoms. The first-order chi connectivity index (χ1) is 4.09. The fourth-order valence-electron chi connectivity index (χ4n) is 0.898. The van der Waals surface area contributed by atoms with Crippen LogP contribution in [0.25, 0.3) is 0 Å². The lowest BCUT2D eigenvalue weighted by Gasteiger charge is -2.09. The van der Waals surface area contributed by atoms with Gasteiger partial charge in [-0.05, 0) is 22.8 Å². The Morgan fingerprint density at radius 2 is 1.40 bits per heavy atom. The van der Waals surface area contributed by atoms with E-state index in [9.17, 15) is 0 Å².